The van der Waals surface area contributed by atoms with Crippen molar-refractivity contribution >= 4 is 23.2 Å². The van der Waals surface area contributed by atoms with Crippen LogP contribution in [0, 0.1) is 6.92 Å². The molecule has 106 valence electrons. The van der Waals surface area contributed by atoms with E-state index >= 15 is 0 Å². The number of aryl methyl sites for hydroxylation is 1. The van der Waals surface area contributed by atoms with Gasteiger partial charge >= 0.3 is 0 Å². The maximum absolute atomic E-state index is 11.8. The molecule has 0 atom stereocenters. The first kappa shape index (κ1) is 13.0. The summed E-state index contributed by atoms with van der Waals surface area (Å²) in [5, 5.41) is 11.8. The molecule has 0 aliphatic heterocycles. The number of benzene rings is 1. The van der Waals surface area contributed by atoms with E-state index in [1.54, 1.807) is 6.26 Å². The smallest absolute Gasteiger partial charge is 0.261 e. The van der Waals surface area contributed by atoms with E-state index in [9.17, 15) is 4.79 Å². The molecule has 0 aliphatic rings. The maximum atomic E-state index is 11.8. The van der Waals surface area contributed by atoms with Crippen LogP contribution in [0.1, 0.15) is 11.3 Å². The number of carbonyl (C=O) groups excluding carboxylic acids is 1. The van der Waals surface area contributed by atoms with Crippen molar-refractivity contribution in [2.45, 2.75) is 13.5 Å². The van der Waals surface area contributed by atoms with Crippen molar-refractivity contribution in [3.8, 4) is 0 Å². The lowest BCUT2D eigenvalue weighted by Crippen LogP contribution is -2.23. The Morgan fingerprint density at radius 3 is 3.10 bits per heavy atom. The Morgan fingerprint density at radius 2 is 2.29 bits per heavy atom. The van der Waals surface area contributed by atoms with Crippen molar-refractivity contribution < 1.29 is 9.21 Å². The van der Waals surface area contributed by atoms with Gasteiger partial charge in [-0.2, -0.15) is 5.10 Å². The molecule has 0 spiro atoms. The summed E-state index contributed by atoms with van der Waals surface area (Å²) < 4.78 is 6.71. The third-order valence-electron chi connectivity index (χ3n) is 2.99. The van der Waals surface area contributed by atoms with Gasteiger partial charge in [-0.1, -0.05) is 17.3 Å². The van der Waals surface area contributed by atoms with Gasteiger partial charge in [-0.05, 0) is 30.7 Å². The van der Waals surface area contributed by atoms with E-state index in [0.717, 1.165) is 16.6 Å². The lowest BCUT2D eigenvalue weighted by Gasteiger charge is -2.00. The number of hydrogen-bond acceptors (Lipinski definition) is 5. The number of fused-ring (bicyclic) bond motifs is 1. The number of nitrogens with zero attached hydrogens (tertiary/aromatic N) is 4. The number of para-hydroxylation sites is 1. The third kappa shape index (κ3) is 2.81. The molecule has 21 heavy (non-hydrogen) atoms. The van der Waals surface area contributed by atoms with Gasteiger partial charge < -0.3 is 4.42 Å². The molecule has 0 bridgehead atoms. The van der Waals surface area contributed by atoms with Gasteiger partial charge in [-0.25, -0.2) is 10.1 Å². The van der Waals surface area contributed by atoms with Gasteiger partial charge in [-0.3, -0.25) is 4.79 Å². The van der Waals surface area contributed by atoms with Crippen LogP contribution in [0.3, 0.4) is 0 Å². The number of furan rings is 1. The Kier molecular flexibility index (Phi) is 3.46. The lowest BCUT2D eigenvalue weighted by atomic mass is 10.3. The molecule has 0 unspecified atom stereocenters. The van der Waals surface area contributed by atoms with E-state index < -0.39 is 0 Å². The Balaban J connectivity index is 1.64. The van der Waals surface area contributed by atoms with Gasteiger partial charge in [0.15, 0.2) is 0 Å². The highest BCUT2D eigenvalue weighted by molar-refractivity contribution is 5.82. The Bertz CT molecular complexity index is 802. The SMILES string of the molecule is Cc1ccoc1C=NNC(=O)Cn1nnc2ccccc21. The van der Waals surface area contributed by atoms with Crippen LogP contribution in [0.4, 0.5) is 0 Å². The first-order valence-electron chi connectivity index (χ1n) is 6.38. The van der Waals surface area contributed by atoms with Gasteiger partial charge in [0.1, 0.15) is 17.8 Å². The fraction of sp³-hybridized carbons (Fsp3) is 0.143. The van der Waals surface area contributed by atoms with Crippen LogP contribution in [-0.2, 0) is 11.3 Å². The molecule has 7 nitrogen and oxygen atoms in total. The summed E-state index contributed by atoms with van der Waals surface area (Å²) in [4.78, 5) is 11.8. The zero-order chi connectivity index (χ0) is 14.7. The fourth-order valence-electron chi connectivity index (χ4n) is 1.89. The maximum Gasteiger partial charge on any atom is 0.261 e. The van der Waals surface area contributed by atoms with Crippen LogP contribution in [-0.4, -0.2) is 27.1 Å². The van der Waals surface area contributed by atoms with Gasteiger partial charge in [0.05, 0.1) is 18.0 Å². The second-order valence-corrected chi connectivity index (χ2v) is 4.50. The van der Waals surface area contributed by atoms with E-state index in [1.807, 2.05) is 37.3 Å². The Morgan fingerprint density at radius 1 is 1.43 bits per heavy atom. The summed E-state index contributed by atoms with van der Waals surface area (Å²) >= 11 is 0. The molecule has 0 aliphatic carbocycles. The van der Waals surface area contributed by atoms with E-state index in [0.29, 0.717) is 5.76 Å². The van der Waals surface area contributed by atoms with Crippen molar-refractivity contribution in [2.75, 3.05) is 0 Å². The van der Waals surface area contributed by atoms with Crippen LogP contribution in [0.5, 0.6) is 0 Å². The summed E-state index contributed by atoms with van der Waals surface area (Å²) in [5.74, 6) is 0.326. The Hall–Kier alpha value is -2.96. The largest absolute Gasteiger partial charge is 0.463 e. The number of nitrogens with one attached hydrogen (secondary N) is 1. The topological polar surface area (TPSA) is 85.3 Å². The highest BCUT2D eigenvalue weighted by Gasteiger charge is 2.07. The molecule has 1 aromatic carbocycles. The van der Waals surface area contributed by atoms with Crippen molar-refractivity contribution in [3.63, 3.8) is 0 Å². The number of rotatable bonds is 4. The van der Waals surface area contributed by atoms with Crippen molar-refractivity contribution in [1.82, 2.24) is 20.4 Å². The normalized spacial score (nSPS) is 11.3. The molecular formula is C14H13N5O2. The lowest BCUT2D eigenvalue weighted by molar-refractivity contribution is -0.121. The van der Waals surface area contributed by atoms with E-state index in [-0.39, 0.29) is 12.5 Å². The van der Waals surface area contributed by atoms with E-state index in [4.69, 9.17) is 4.42 Å². The molecule has 0 saturated carbocycles. The van der Waals surface area contributed by atoms with Crippen LogP contribution in [0.25, 0.3) is 11.0 Å². The predicted molar refractivity (Wildman–Crippen MR) is 76.7 cm³/mol. The van der Waals surface area contributed by atoms with Gasteiger partial charge in [0.25, 0.3) is 5.91 Å². The van der Waals surface area contributed by atoms with Crippen LogP contribution in [0.2, 0.25) is 0 Å². The van der Waals surface area contributed by atoms with Crippen LogP contribution >= 0.6 is 0 Å². The second kappa shape index (κ2) is 5.58. The molecule has 2 aromatic heterocycles. The molecular weight excluding hydrogens is 270 g/mol. The number of amides is 1. The number of hydrogen-bond donors (Lipinski definition) is 1. The average Bonchev–Trinajstić information content (AvgIpc) is 3.07. The van der Waals surface area contributed by atoms with Gasteiger partial charge in [0, 0.05) is 0 Å². The highest BCUT2D eigenvalue weighted by atomic mass is 16.3. The minimum Gasteiger partial charge on any atom is -0.463 e. The standard InChI is InChI=1S/C14H13N5O2/c1-10-6-7-21-13(10)8-15-17-14(20)9-19-12-5-3-2-4-11(12)16-18-19/h2-8H,9H2,1H3,(H,17,20). The summed E-state index contributed by atoms with van der Waals surface area (Å²) in [6, 6.07) is 9.27. The molecule has 3 aromatic rings. The quantitative estimate of drug-likeness (QED) is 0.580. The number of aromatic nitrogens is 3. The van der Waals surface area contributed by atoms with Crippen molar-refractivity contribution in [2.24, 2.45) is 5.10 Å². The summed E-state index contributed by atoms with van der Waals surface area (Å²) in [7, 11) is 0. The molecule has 1 N–H and O–H groups in total. The van der Waals surface area contributed by atoms with Crippen LogP contribution in [0.15, 0.2) is 46.1 Å². The van der Waals surface area contributed by atoms with Gasteiger partial charge in [0.2, 0.25) is 0 Å². The first-order chi connectivity index (χ1) is 10.2. The minimum absolute atomic E-state index is 0.0506. The summed E-state index contributed by atoms with van der Waals surface area (Å²) in [6.07, 6.45) is 3.03. The molecule has 2 heterocycles. The molecule has 0 radical (unpaired) electrons. The predicted octanol–water partition coefficient (Wildman–Crippen LogP) is 1.48. The fourth-order valence-corrected chi connectivity index (χ4v) is 1.89. The molecule has 1 amide bonds. The van der Waals surface area contributed by atoms with E-state index in [2.05, 4.69) is 20.8 Å². The second-order valence-electron chi connectivity index (χ2n) is 4.50. The monoisotopic (exact) mass is 283 g/mol. The van der Waals surface area contributed by atoms with Crippen molar-refractivity contribution in [1.29, 1.82) is 0 Å². The minimum atomic E-state index is -0.286. The molecule has 0 saturated heterocycles. The third-order valence-corrected chi connectivity index (χ3v) is 2.99. The van der Waals surface area contributed by atoms with Crippen LogP contribution < -0.4 is 5.43 Å². The summed E-state index contributed by atoms with van der Waals surface area (Å²) in [5.41, 5.74) is 4.94. The first-order valence-corrected chi connectivity index (χ1v) is 6.38. The number of hydrazone groups is 1. The van der Waals surface area contributed by atoms with Gasteiger partial charge in [-0.15, -0.1) is 5.10 Å². The average molecular weight is 283 g/mol. The zero-order valence-electron chi connectivity index (χ0n) is 11.4. The molecule has 0 fully saturated rings. The van der Waals surface area contributed by atoms with E-state index in [1.165, 1.54) is 10.9 Å². The number of carbonyl (C=O) groups is 1. The van der Waals surface area contributed by atoms with Crippen molar-refractivity contribution in [3.05, 3.63) is 47.9 Å². The Labute approximate surface area is 120 Å². The highest BCUT2D eigenvalue weighted by Crippen LogP contribution is 2.09. The zero-order valence-corrected chi connectivity index (χ0v) is 11.4. The summed E-state index contributed by atoms with van der Waals surface area (Å²) in [6.45, 7) is 1.95. The molecule has 7 heteroatoms. The molecule has 3 rings (SSSR count).